The Balaban J connectivity index is 1.57. The molecule has 2 fully saturated rings. The summed E-state index contributed by atoms with van der Waals surface area (Å²) in [4.78, 5) is 13.4. The predicted octanol–water partition coefficient (Wildman–Crippen LogP) is 5.53. The normalized spacial score (nSPS) is 26.6. The maximum Gasteiger partial charge on any atom is 0.573 e. The molecule has 2 aromatic carbocycles. The van der Waals surface area contributed by atoms with E-state index in [1.54, 1.807) is 38.1 Å². The van der Waals surface area contributed by atoms with E-state index in [-0.39, 0.29) is 37.7 Å². The van der Waals surface area contributed by atoms with Gasteiger partial charge in [0.05, 0.1) is 25.4 Å². The molecule has 38 heavy (non-hydrogen) atoms. The molecule has 1 amide bonds. The number of halogens is 4. The van der Waals surface area contributed by atoms with E-state index in [9.17, 15) is 18.0 Å². The predicted molar refractivity (Wildman–Crippen MR) is 132 cm³/mol. The van der Waals surface area contributed by atoms with Gasteiger partial charge in [-0.05, 0) is 56.2 Å². The summed E-state index contributed by atoms with van der Waals surface area (Å²) in [7, 11) is 0. The van der Waals surface area contributed by atoms with Gasteiger partial charge in [0, 0.05) is 24.4 Å². The summed E-state index contributed by atoms with van der Waals surface area (Å²) in [5.74, 6) is -1.56. The lowest BCUT2D eigenvalue weighted by molar-refractivity contribution is -0.274. The summed E-state index contributed by atoms with van der Waals surface area (Å²) in [6, 6.07) is 12.7. The lowest BCUT2D eigenvalue weighted by Crippen LogP contribution is -2.60. The maximum absolute atomic E-state index is 13.4. The molecular weight excluding hydrogens is 527 g/mol. The van der Waals surface area contributed by atoms with E-state index in [1.165, 1.54) is 18.2 Å². The Morgan fingerprint density at radius 3 is 2.47 bits per heavy atom. The highest BCUT2D eigenvalue weighted by Gasteiger charge is 2.58. The van der Waals surface area contributed by atoms with Crippen LogP contribution in [0.3, 0.4) is 0 Å². The number of benzene rings is 2. The second-order valence-corrected chi connectivity index (χ2v) is 10.3. The highest BCUT2D eigenvalue weighted by molar-refractivity contribution is 6.30. The SMILES string of the molecule is CCNC(=O)[C@@]1(OCc2cccc(Cl)c2)C[C@@H](OCc2cccc(OC(F)(F)F)c2)[C@@H]2OC(C)(C)O[C@@H]2C1. The van der Waals surface area contributed by atoms with Crippen molar-refractivity contribution in [3.05, 3.63) is 64.7 Å². The van der Waals surface area contributed by atoms with Crippen molar-refractivity contribution in [2.45, 2.75) is 82.9 Å². The van der Waals surface area contributed by atoms with Crippen LogP contribution >= 0.6 is 11.6 Å². The number of rotatable bonds is 9. The first kappa shape index (κ1) is 28.6. The fourth-order valence-electron chi connectivity index (χ4n) is 4.91. The summed E-state index contributed by atoms with van der Waals surface area (Å²) in [5.41, 5.74) is -0.0310. The summed E-state index contributed by atoms with van der Waals surface area (Å²) in [6.45, 7) is 5.86. The van der Waals surface area contributed by atoms with Crippen LogP contribution in [-0.2, 0) is 37.0 Å². The van der Waals surface area contributed by atoms with E-state index in [0.717, 1.165) is 5.56 Å². The Morgan fingerprint density at radius 2 is 1.79 bits per heavy atom. The molecule has 1 saturated heterocycles. The van der Waals surface area contributed by atoms with E-state index < -0.39 is 36.1 Å². The van der Waals surface area contributed by atoms with Gasteiger partial charge in [-0.15, -0.1) is 13.2 Å². The van der Waals surface area contributed by atoms with Gasteiger partial charge < -0.3 is 29.0 Å². The van der Waals surface area contributed by atoms with E-state index in [1.807, 2.05) is 13.0 Å². The zero-order valence-corrected chi connectivity index (χ0v) is 22.1. The summed E-state index contributed by atoms with van der Waals surface area (Å²) >= 11 is 6.12. The molecule has 1 N–H and O–H groups in total. The number of carbonyl (C=O) groups excluding carboxylic acids is 1. The Hall–Kier alpha value is -2.37. The molecule has 4 atom stereocenters. The van der Waals surface area contributed by atoms with Crippen molar-refractivity contribution >= 4 is 17.5 Å². The Bertz CT molecular complexity index is 1130. The largest absolute Gasteiger partial charge is 0.573 e. The number of nitrogens with one attached hydrogen (secondary N) is 1. The molecule has 1 aliphatic heterocycles. The van der Waals surface area contributed by atoms with Crippen molar-refractivity contribution in [2.24, 2.45) is 0 Å². The summed E-state index contributed by atoms with van der Waals surface area (Å²) in [6.07, 6.45) is -6.07. The maximum atomic E-state index is 13.4. The topological polar surface area (TPSA) is 75.3 Å². The van der Waals surface area contributed by atoms with Crippen LogP contribution in [0.25, 0.3) is 0 Å². The van der Waals surface area contributed by atoms with Crippen molar-refractivity contribution in [3.63, 3.8) is 0 Å². The van der Waals surface area contributed by atoms with Gasteiger partial charge in [0.1, 0.15) is 11.9 Å². The highest BCUT2D eigenvalue weighted by Crippen LogP contribution is 2.44. The van der Waals surface area contributed by atoms with Crippen molar-refractivity contribution < 1.29 is 41.7 Å². The van der Waals surface area contributed by atoms with Crippen LogP contribution in [0, 0.1) is 0 Å². The van der Waals surface area contributed by atoms with E-state index in [4.69, 9.17) is 30.5 Å². The highest BCUT2D eigenvalue weighted by atomic mass is 35.5. The van der Waals surface area contributed by atoms with Crippen molar-refractivity contribution in [1.82, 2.24) is 5.32 Å². The van der Waals surface area contributed by atoms with Gasteiger partial charge in [0.25, 0.3) is 5.91 Å². The first-order valence-electron chi connectivity index (χ1n) is 12.4. The average molecular weight is 558 g/mol. The third kappa shape index (κ3) is 7.18. The number of hydrogen-bond acceptors (Lipinski definition) is 6. The standard InChI is InChI=1S/C27H31ClF3NO6/c1-4-32-24(33)26(35-16-17-7-5-9-19(28)11-17)13-21(23-22(14-26)37-25(2,3)38-23)34-15-18-8-6-10-20(12-18)36-27(29,30)31/h5-12,21-23H,4,13-16H2,1-3H3,(H,32,33)/t21-,22-,23+,26-/m1/s1. The molecule has 208 valence electrons. The van der Waals surface area contributed by atoms with E-state index in [2.05, 4.69) is 10.1 Å². The number of likely N-dealkylation sites (N-methyl/N-ethyl adjacent to an activating group) is 1. The van der Waals surface area contributed by atoms with Crippen molar-refractivity contribution in [1.29, 1.82) is 0 Å². The molecule has 1 aliphatic carbocycles. The van der Waals surface area contributed by atoms with Crippen LogP contribution in [0.4, 0.5) is 13.2 Å². The quantitative estimate of drug-likeness (QED) is 0.437. The Morgan fingerprint density at radius 1 is 1.08 bits per heavy atom. The minimum atomic E-state index is -4.80. The molecule has 2 aromatic rings. The molecule has 0 spiro atoms. The van der Waals surface area contributed by atoms with Crippen LogP contribution in [0.15, 0.2) is 48.5 Å². The van der Waals surface area contributed by atoms with Crippen LogP contribution in [-0.4, -0.2) is 48.5 Å². The Kier molecular flexibility index (Phi) is 8.59. The van der Waals surface area contributed by atoms with Gasteiger partial charge in [-0.1, -0.05) is 35.9 Å². The van der Waals surface area contributed by atoms with Crippen LogP contribution in [0.1, 0.15) is 44.7 Å². The van der Waals surface area contributed by atoms with Crippen LogP contribution < -0.4 is 10.1 Å². The molecular formula is C27H31ClF3NO6. The third-order valence-electron chi connectivity index (χ3n) is 6.40. The van der Waals surface area contributed by atoms with Crippen LogP contribution in [0.5, 0.6) is 5.75 Å². The van der Waals surface area contributed by atoms with Crippen molar-refractivity contribution in [3.8, 4) is 5.75 Å². The van der Waals surface area contributed by atoms with Gasteiger partial charge in [0.2, 0.25) is 0 Å². The summed E-state index contributed by atoms with van der Waals surface area (Å²) < 4.78 is 66.8. The second kappa shape index (κ2) is 11.4. The zero-order chi connectivity index (χ0) is 27.6. The fourth-order valence-corrected chi connectivity index (χ4v) is 5.13. The molecule has 0 aromatic heterocycles. The van der Waals surface area contributed by atoms with E-state index in [0.29, 0.717) is 17.1 Å². The number of carbonyl (C=O) groups is 1. The molecule has 0 radical (unpaired) electrons. The van der Waals surface area contributed by atoms with Crippen LogP contribution in [0.2, 0.25) is 5.02 Å². The second-order valence-electron chi connectivity index (χ2n) is 9.86. The monoisotopic (exact) mass is 557 g/mol. The lowest BCUT2D eigenvalue weighted by atomic mass is 9.78. The van der Waals surface area contributed by atoms with Gasteiger partial charge >= 0.3 is 6.36 Å². The minimum absolute atomic E-state index is 0.0352. The first-order valence-corrected chi connectivity index (χ1v) is 12.7. The third-order valence-corrected chi connectivity index (χ3v) is 6.64. The first-order chi connectivity index (χ1) is 17.9. The van der Waals surface area contributed by atoms with Gasteiger partial charge in [0.15, 0.2) is 11.4 Å². The lowest BCUT2D eigenvalue weighted by Gasteiger charge is -2.43. The molecule has 7 nitrogen and oxygen atoms in total. The number of fused-ring (bicyclic) bond motifs is 1. The molecule has 0 bridgehead atoms. The molecule has 1 heterocycles. The molecule has 2 aliphatic rings. The van der Waals surface area contributed by atoms with Gasteiger partial charge in [-0.2, -0.15) is 0 Å². The average Bonchev–Trinajstić information content (AvgIpc) is 3.14. The fraction of sp³-hybridized carbons (Fsp3) is 0.519. The number of amides is 1. The molecule has 11 heteroatoms. The van der Waals surface area contributed by atoms with Crippen molar-refractivity contribution in [2.75, 3.05) is 6.54 Å². The molecule has 4 rings (SSSR count). The number of alkyl halides is 3. The molecule has 0 unspecified atom stereocenters. The smallest absolute Gasteiger partial charge is 0.406 e. The zero-order valence-electron chi connectivity index (χ0n) is 21.3. The van der Waals surface area contributed by atoms with E-state index >= 15 is 0 Å². The summed E-state index contributed by atoms with van der Waals surface area (Å²) in [5, 5.41) is 3.41. The Labute approximate surface area is 224 Å². The molecule has 1 saturated carbocycles. The van der Waals surface area contributed by atoms with Gasteiger partial charge in [-0.3, -0.25) is 4.79 Å². The van der Waals surface area contributed by atoms with Gasteiger partial charge in [-0.25, -0.2) is 0 Å². The minimum Gasteiger partial charge on any atom is -0.406 e. The number of ether oxygens (including phenoxy) is 5. The number of hydrogen-bond donors (Lipinski definition) is 1.